The van der Waals surface area contributed by atoms with Crippen LogP contribution in [0.3, 0.4) is 0 Å². The first-order valence-electron chi connectivity index (χ1n) is 12.6. The Morgan fingerprint density at radius 2 is 1.71 bits per heavy atom. The van der Waals surface area contributed by atoms with Gasteiger partial charge < -0.3 is 14.6 Å². The molecule has 0 saturated carbocycles. The fourth-order valence-electron chi connectivity index (χ4n) is 6.18. The molecule has 1 atom stereocenters. The number of aromatic nitrogens is 1. The van der Waals surface area contributed by atoms with Gasteiger partial charge in [0.05, 0.1) is 36.0 Å². The second-order valence-corrected chi connectivity index (χ2v) is 9.84. The van der Waals surface area contributed by atoms with Crippen LogP contribution in [0.4, 0.5) is 5.69 Å². The molecule has 1 N–H and O–H groups in total. The van der Waals surface area contributed by atoms with Crippen molar-refractivity contribution in [2.75, 3.05) is 20.2 Å². The van der Waals surface area contributed by atoms with Crippen molar-refractivity contribution in [1.29, 1.82) is 0 Å². The highest BCUT2D eigenvalue weighted by atomic mass is 16.5. The molecule has 4 heterocycles. The van der Waals surface area contributed by atoms with Crippen LogP contribution >= 0.6 is 0 Å². The summed E-state index contributed by atoms with van der Waals surface area (Å²) in [6.45, 7) is 0.640. The highest BCUT2D eigenvalue weighted by Gasteiger charge is 2.51. The molecular weight excluding hydrogens is 480 g/mol. The van der Waals surface area contributed by atoms with Crippen molar-refractivity contribution in [3.8, 4) is 5.75 Å². The van der Waals surface area contributed by atoms with E-state index < -0.39 is 5.54 Å². The SMILES string of the molecule is COc1ccc2c(c1)N=CN1CCc3c([nH]c4ccccc34)C(=O)[C@]21CCN1C(=O)c2ccccc2C1=O. The van der Waals surface area contributed by atoms with E-state index >= 15 is 0 Å². The maximum absolute atomic E-state index is 14.7. The molecule has 7 rings (SSSR count). The summed E-state index contributed by atoms with van der Waals surface area (Å²) in [5, 5.41) is 1.03. The molecule has 38 heavy (non-hydrogen) atoms. The van der Waals surface area contributed by atoms with Crippen molar-refractivity contribution in [1.82, 2.24) is 14.8 Å². The lowest BCUT2D eigenvalue weighted by atomic mass is 9.78. The van der Waals surface area contributed by atoms with Gasteiger partial charge in [-0.3, -0.25) is 19.3 Å². The summed E-state index contributed by atoms with van der Waals surface area (Å²) >= 11 is 0. The number of Topliss-reactive ketones (excluding diaryl/α,β-unsaturated/α-hetero) is 1. The monoisotopic (exact) mass is 504 g/mol. The van der Waals surface area contributed by atoms with E-state index in [4.69, 9.17) is 4.74 Å². The number of hydrogen-bond donors (Lipinski definition) is 1. The number of fused-ring (bicyclic) bond motifs is 7. The lowest BCUT2D eigenvalue weighted by Gasteiger charge is -2.44. The Balaban J connectivity index is 1.37. The molecule has 1 aromatic heterocycles. The number of para-hydroxylation sites is 1. The molecule has 0 aliphatic carbocycles. The molecule has 8 nitrogen and oxygen atoms in total. The predicted octanol–water partition coefficient (Wildman–Crippen LogP) is 4.47. The van der Waals surface area contributed by atoms with Crippen LogP contribution < -0.4 is 4.74 Å². The Labute approximate surface area is 218 Å². The summed E-state index contributed by atoms with van der Waals surface area (Å²) in [6, 6.07) is 20.3. The summed E-state index contributed by atoms with van der Waals surface area (Å²) < 4.78 is 5.43. The fourth-order valence-corrected chi connectivity index (χ4v) is 6.18. The van der Waals surface area contributed by atoms with Gasteiger partial charge in [0.2, 0.25) is 5.78 Å². The van der Waals surface area contributed by atoms with Gasteiger partial charge >= 0.3 is 0 Å². The van der Waals surface area contributed by atoms with Crippen LogP contribution in [0.5, 0.6) is 5.75 Å². The number of benzene rings is 3. The van der Waals surface area contributed by atoms with Crippen molar-refractivity contribution in [2.24, 2.45) is 4.99 Å². The third kappa shape index (κ3) is 2.97. The third-order valence-corrected chi connectivity index (χ3v) is 8.07. The van der Waals surface area contributed by atoms with Crippen molar-refractivity contribution in [3.05, 3.63) is 94.7 Å². The molecule has 3 aliphatic rings. The fraction of sp³-hybridized carbons (Fsp3) is 0.200. The van der Waals surface area contributed by atoms with Gasteiger partial charge in [-0.15, -0.1) is 0 Å². The number of nitrogens with one attached hydrogen (secondary N) is 1. The molecule has 0 radical (unpaired) electrons. The first-order valence-corrected chi connectivity index (χ1v) is 12.6. The number of hydrogen-bond acceptors (Lipinski definition) is 6. The number of aromatic amines is 1. The lowest BCUT2D eigenvalue weighted by molar-refractivity contribution is 0.0560. The topological polar surface area (TPSA) is 95.1 Å². The maximum Gasteiger partial charge on any atom is 0.261 e. The Morgan fingerprint density at radius 1 is 0.974 bits per heavy atom. The van der Waals surface area contributed by atoms with Gasteiger partial charge in [-0.25, -0.2) is 4.99 Å². The summed E-state index contributed by atoms with van der Waals surface area (Å²) in [5.41, 5.74) is 3.44. The highest BCUT2D eigenvalue weighted by Crippen LogP contribution is 2.47. The minimum absolute atomic E-state index is 0.0868. The molecule has 0 unspecified atom stereocenters. The number of ether oxygens (including phenoxy) is 1. The van der Waals surface area contributed by atoms with E-state index in [0.717, 1.165) is 22.0 Å². The zero-order valence-electron chi connectivity index (χ0n) is 20.7. The number of aliphatic imine (C=N–C) groups is 1. The number of carbonyl (C=O) groups is 3. The molecule has 3 aromatic carbocycles. The number of amides is 2. The first-order chi connectivity index (χ1) is 18.5. The minimum Gasteiger partial charge on any atom is -0.497 e. The molecule has 188 valence electrons. The zero-order valence-corrected chi connectivity index (χ0v) is 20.7. The first kappa shape index (κ1) is 22.5. The van der Waals surface area contributed by atoms with Gasteiger partial charge in [0.1, 0.15) is 11.3 Å². The van der Waals surface area contributed by atoms with E-state index in [1.54, 1.807) is 37.7 Å². The second kappa shape index (κ2) is 8.14. The smallest absolute Gasteiger partial charge is 0.261 e. The van der Waals surface area contributed by atoms with Crippen molar-refractivity contribution in [3.63, 3.8) is 0 Å². The molecule has 0 bridgehead atoms. The van der Waals surface area contributed by atoms with E-state index in [0.29, 0.717) is 41.2 Å². The summed E-state index contributed by atoms with van der Waals surface area (Å²) in [6.07, 6.45) is 2.59. The molecule has 0 fully saturated rings. The average molecular weight is 505 g/mol. The molecule has 0 saturated heterocycles. The standard InChI is InChI=1S/C30H24N4O4/c1-38-18-10-11-23-25(16-18)31-17-33-14-12-20-19-6-4-5-9-24(19)32-26(20)27(35)30(23,33)13-15-34-28(36)21-7-2-3-8-22(21)29(34)37/h2-11,16-17,32H,12-15H2,1H3/t30-/m0/s1. The van der Waals surface area contributed by atoms with Gasteiger partial charge in [-0.1, -0.05) is 36.4 Å². The van der Waals surface area contributed by atoms with E-state index in [1.165, 1.54) is 4.90 Å². The van der Waals surface area contributed by atoms with Crippen LogP contribution in [0.1, 0.15) is 48.8 Å². The predicted molar refractivity (Wildman–Crippen MR) is 142 cm³/mol. The van der Waals surface area contributed by atoms with E-state index in [2.05, 4.69) is 9.98 Å². The van der Waals surface area contributed by atoms with Crippen LogP contribution in [-0.2, 0) is 12.0 Å². The quantitative estimate of drug-likeness (QED) is 0.414. The molecule has 0 spiro atoms. The van der Waals surface area contributed by atoms with Gasteiger partial charge in [-0.05, 0) is 36.2 Å². The number of methoxy groups -OCH3 is 1. The van der Waals surface area contributed by atoms with Crippen LogP contribution in [0.25, 0.3) is 10.9 Å². The van der Waals surface area contributed by atoms with Crippen LogP contribution in [0, 0.1) is 0 Å². The zero-order chi connectivity index (χ0) is 26.0. The largest absolute Gasteiger partial charge is 0.497 e. The summed E-state index contributed by atoms with van der Waals surface area (Å²) in [7, 11) is 1.59. The maximum atomic E-state index is 14.7. The van der Waals surface area contributed by atoms with E-state index in [9.17, 15) is 14.4 Å². The van der Waals surface area contributed by atoms with Crippen LogP contribution in [0.2, 0.25) is 0 Å². The number of rotatable bonds is 4. The minimum atomic E-state index is -1.16. The summed E-state index contributed by atoms with van der Waals surface area (Å²) in [5.74, 6) is -0.131. The van der Waals surface area contributed by atoms with Crippen molar-refractivity contribution >= 4 is 40.5 Å². The molecule has 8 heteroatoms. The Morgan fingerprint density at radius 3 is 2.47 bits per heavy atom. The van der Waals surface area contributed by atoms with E-state index in [1.807, 2.05) is 47.4 Å². The summed E-state index contributed by atoms with van der Waals surface area (Å²) in [4.78, 5) is 52.4. The second-order valence-electron chi connectivity index (χ2n) is 9.84. The number of imide groups is 1. The molecule has 4 aromatic rings. The van der Waals surface area contributed by atoms with Crippen LogP contribution in [0.15, 0.2) is 71.7 Å². The van der Waals surface area contributed by atoms with Gasteiger partial charge in [0, 0.05) is 42.0 Å². The Hall–Kier alpha value is -4.72. The number of carbonyl (C=O) groups excluding carboxylic acids is 3. The normalized spacial score (nSPS) is 19.8. The number of H-pyrrole nitrogens is 1. The highest BCUT2D eigenvalue weighted by molar-refractivity contribution is 6.21. The number of nitrogens with zero attached hydrogens (tertiary/aromatic N) is 3. The van der Waals surface area contributed by atoms with Gasteiger partial charge in [0.25, 0.3) is 11.8 Å². The third-order valence-electron chi connectivity index (χ3n) is 8.07. The lowest BCUT2D eigenvalue weighted by Crippen LogP contribution is -2.54. The average Bonchev–Trinajstić information content (AvgIpc) is 3.40. The Kier molecular flexibility index (Phi) is 4.82. The van der Waals surface area contributed by atoms with Crippen molar-refractivity contribution in [2.45, 2.75) is 18.4 Å². The van der Waals surface area contributed by atoms with Crippen LogP contribution in [-0.4, -0.2) is 58.9 Å². The molecular formula is C30H24N4O4. The van der Waals surface area contributed by atoms with Crippen molar-refractivity contribution < 1.29 is 19.1 Å². The molecule has 3 aliphatic heterocycles. The Bertz CT molecular complexity index is 1670. The van der Waals surface area contributed by atoms with E-state index in [-0.39, 0.29) is 30.6 Å². The van der Waals surface area contributed by atoms with Gasteiger partial charge in [0.15, 0.2) is 0 Å². The van der Waals surface area contributed by atoms with Gasteiger partial charge in [-0.2, -0.15) is 0 Å². The number of ketones is 1. The molecule has 2 amide bonds.